The summed E-state index contributed by atoms with van der Waals surface area (Å²) in [6, 6.07) is 4.27. The lowest BCUT2D eigenvalue weighted by Gasteiger charge is -2.43. The Bertz CT molecular complexity index is 739. The van der Waals surface area contributed by atoms with Crippen LogP contribution in [0.1, 0.15) is 31.7 Å². The molecule has 0 spiro atoms. The number of hydrogen-bond donors (Lipinski definition) is 2. The summed E-state index contributed by atoms with van der Waals surface area (Å²) >= 11 is 0. The maximum atomic E-state index is 12.6. The fraction of sp³-hybridized carbons (Fsp3) is 0.526. The van der Waals surface area contributed by atoms with E-state index in [0.29, 0.717) is 5.56 Å². The van der Waals surface area contributed by atoms with Gasteiger partial charge in [-0.1, -0.05) is 6.07 Å². The van der Waals surface area contributed by atoms with Gasteiger partial charge in [0.2, 0.25) is 0 Å². The summed E-state index contributed by atoms with van der Waals surface area (Å²) < 4.78 is 15.0. The summed E-state index contributed by atoms with van der Waals surface area (Å²) in [6.45, 7) is 3.37. The summed E-state index contributed by atoms with van der Waals surface area (Å²) in [6.07, 6.45) is -0.389. The maximum absolute atomic E-state index is 12.6. The van der Waals surface area contributed by atoms with Crippen molar-refractivity contribution in [2.45, 2.75) is 31.8 Å². The van der Waals surface area contributed by atoms with Crippen LogP contribution in [0.3, 0.4) is 0 Å². The van der Waals surface area contributed by atoms with Crippen LogP contribution < -0.4 is 4.74 Å². The molecule has 1 aromatic rings. The first-order valence-electron chi connectivity index (χ1n) is 8.54. The van der Waals surface area contributed by atoms with Gasteiger partial charge in [0.25, 0.3) is 0 Å². The Hall–Kier alpha value is -2.61. The number of methoxy groups -OCH3 is 2. The highest BCUT2D eigenvalue weighted by atomic mass is 16.5. The number of ketones is 1. The van der Waals surface area contributed by atoms with Gasteiger partial charge in [-0.25, -0.2) is 0 Å². The van der Waals surface area contributed by atoms with E-state index in [-0.39, 0.29) is 24.5 Å². The summed E-state index contributed by atoms with van der Waals surface area (Å²) in [5.41, 5.74) is -1.35. The molecule has 1 fully saturated rings. The first-order chi connectivity index (χ1) is 12.7. The van der Waals surface area contributed by atoms with Crippen molar-refractivity contribution >= 4 is 17.7 Å². The van der Waals surface area contributed by atoms with Gasteiger partial charge >= 0.3 is 11.9 Å². The van der Waals surface area contributed by atoms with Gasteiger partial charge < -0.3 is 24.4 Å². The highest BCUT2D eigenvalue weighted by Crippen LogP contribution is 2.47. The average molecular weight is 380 g/mol. The van der Waals surface area contributed by atoms with E-state index in [0.717, 1.165) is 7.11 Å². The number of aliphatic hydroxyl groups is 1. The molecule has 0 aromatic heterocycles. The lowest BCUT2D eigenvalue weighted by atomic mass is 9.61. The van der Waals surface area contributed by atoms with Crippen LogP contribution in [0.5, 0.6) is 11.5 Å². The van der Waals surface area contributed by atoms with Crippen molar-refractivity contribution in [1.29, 1.82) is 0 Å². The third-order valence-electron chi connectivity index (χ3n) is 4.85. The van der Waals surface area contributed by atoms with Gasteiger partial charge in [-0.15, -0.1) is 0 Å². The first-order valence-corrected chi connectivity index (χ1v) is 8.54. The van der Waals surface area contributed by atoms with E-state index in [1.54, 1.807) is 6.92 Å². The molecule has 1 aliphatic carbocycles. The fourth-order valence-electron chi connectivity index (χ4n) is 3.68. The second-order valence-electron chi connectivity index (χ2n) is 6.69. The molecule has 8 heteroatoms. The van der Waals surface area contributed by atoms with E-state index in [1.807, 2.05) is 0 Å². The Morgan fingerprint density at radius 1 is 1.22 bits per heavy atom. The molecule has 4 atom stereocenters. The van der Waals surface area contributed by atoms with Crippen LogP contribution in [-0.2, 0) is 23.9 Å². The molecule has 0 aliphatic heterocycles. The van der Waals surface area contributed by atoms with Gasteiger partial charge in [0.05, 0.1) is 32.3 Å². The second kappa shape index (κ2) is 7.96. The van der Waals surface area contributed by atoms with E-state index in [1.165, 1.54) is 32.2 Å². The van der Waals surface area contributed by atoms with Gasteiger partial charge in [-0.05, 0) is 31.5 Å². The molecular formula is C19H24O8. The molecule has 0 bridgehead atoms. The van der Waals surface area contributed by atoms with Crippen molar-refractivity contribution in [3.05, 3.63) is 23.8 Å². The molecule has 2 rings (SSSR count). The third kappa shape index (κ3) is 3.90. The summed E-state index contributed by atoms with van der Waals surface area (Å²) in [7, 11) is 2.32. The zero-order valence-electron chi connectivity index (χ0n) is 15.7. The van der Waals surface area contributed by atoms with Gasteiger partial charge in [0, 0.05) is 12.3 Å². The molecule has 0 unspecified atom stereocenters. The molecule has 0 amide bonds. The van der Waals surface area contributed by atoms with E-state index >= 15 is 0 Å². The summed E-state index contributed by atoms with van der Waals surface area (Å²) in [4.78, 5) is 37.5. The first kappa shape index (κ1) is 20.7. The van der Waals surface area contributed by atoms with Gasteiger partial charge in [0.1, 0.15) is 5.92 Å². The Morgan fingerprint density at radius 2 is 1.85 bits per heavy atom. The number of hydrogen-bond acceptors (Lipinski definition) is 8. The van der Waals surface area contributed by atoms with Crippen molar-refractivity contribution in [2.75, 3.05) is 20.8 Å². The molecular weight excluding hydrogens is 356 g/mol. The number of aromatic hydroxyl groups is 1. The van der Waals surface area contributed by atoms with Crippen molar-refractivity contribution in [3.63, 3.8) is 0 Å². The second-order valence-corrected chi connectivity index (χ2v) is 6.69. The molecule has 2 N–H and O–H groups in total. The normalized spacial score (nSPS) is 27.7. The molecule has 1 aliphatic rings. The third-order valence-corrected chi connectivity index (χ3v) is 4.85. The predicted octanol–water partition coefficient (Wildman–Crippen LogP) is 1.18. The van der Waals surface area contributed by atoms with Crippen LogP contribution in [0.25, 0.3) is 0 Å². The van der Waals surface area contributed by atoms with Crippen molar-refractivity contribution in [1.82, 2.24) is 0 Å². The molecule has 1 aromatic carbocycles. The topological polar surface area (TPSA) is 119 Å². The van der Waals surface area contributed by atoms with Crippen molar-refractivity contribution in [3.8, 4) is 11.5 Å². The zero-order valence-corrected chi connectivity index (χ0v) is 15.7. The lowest BCUT2D eigenvalue weighted by molar-refractivity contribution is -0.170. The molecule has 8 nitrogen and oxygen atoms in total. The molecule has 27 heavy (non-hydrogen) atoms. The van der Waals surface area contributed by atoms with Crippen LogP contribution in [0.4, 0.5) is 0 Å². The van der Waals surface area contributed by atoms with Crippen molar-refractivity contribution in [2.24, 2.45) is 11.8 Å². The molecule has 0 heterocycles. The standard InChI is InChI=1S/C19H24O8/c1-5-27-13-8-10(6-7-11(13)20)14-15(17(22)25-3)12(21)9-19(2,24)16(14)18(23)26-4/h6-8,14-16,20,24H,5,9H2,1-4H3/t14-,15-,16-,19+/m1/s1. The van der Waals surface area contributed by atoms with Crippen LogP contribution in [0.15, 0.2) is 18.2 Å². The average Bonchev–Trinajstić information content (AvgIpc) is 2.61. The fourth-order valence-corrected chi connectivity index (χ4v) is 3.68. The quantitative estimate of drug-likeness (QED) is 0.577. The monoisotopic (exact) mass is 380 g/mol. The maximum Gasteiger partial charge on any atom is 0.316 e. The summed E-state index contributed by atoms with van der Waals surface area (Å²) in [5, 5.41) is 20.7. The number of Topliss-reactive ketones (excluding diaryl/α,β-unsaturated/α-hetero) is 1. The number of rotatable bonds is 5. The Labute approximate surface area is 157 Å². The minimum absolute atomic E-state index is 0.126. The SMILES string of the molecule is CCOc1cc([C@@H]2[C@H](C(=O)OC)C(=O)C[C@](C)(O)[C@H]2C(=O)OC)ccc1O. The van der Waals surface area contributed by atoms with Crippen molar-refractivity contribution < 1.29 is 38.8 Å². The zero-order chi connectivity index (χ0) is 20.4. The lowest BCUT2D eigenvalue weighted by Crippen LogP contribution is -2.55. The molecule has 1 saturated carbocycles. The number of carbonyl (C=O) groups excluding carboxylic acids is 3. The van der Waals surface area contributed by atoms with Gasteiger partial charge in [-0.3, -0.25) is 14.4 Å². The highest BCUT2D eigenvalue weighted by molar-refractivity contribution is 6.02. The number of phenols is 1. The Kier molecular flexibility index (Phi) is 6.10. The highest BCUT2D eigenvalue weighted by Gasteiger charge is 2.57. The Balaban J connectivity index is 2.67. The number of esters is 2. The van der Waals surface area contributed by atoms with Crippen LogP contribution in [0, 0.1) is 11.8 Å². The molecule has 0 radical (unpaired) electrons. The molecule has 148 valence electrons. The largest absolute Gasteiger partial charge is 0.504 e. The number of benzene rings is 1. The minimum atomic E-state index is -1.72. The van der Waals surface area contributed by atoms with Crippen LogP contribution in [-0.4, -0.2) is 54.4 Å². The van der Waals surface area contributed by atoms with E-state index in [2.05, 4.69) is 0 Å². The Morgan fingerprint density at radius 3 is 2.41 bits per heavy atom. The van der Waals surface area contributed by atoms with E-state index in [4.69, 9.17) is 14.2 Å². The minimum Gasteiger partial charge on any atom is -0.504 e. The smallest absolute Gasteiger partial charge is 0.316 e. The molecule has 0 saturated heterocycles. The van der Waals surface area contributed by atoms with Crippen LogP contribution in [0.2, 0.25) is 0 Å². The number of phenolic OH excluding ortho intramolecular Hbond substituents is 1. The number of ether oxygens (including phenoxy) is 3. The predicted molar refractivity (Wildman–Crippen MR) is 93.3 cm³/mol. The number of carbonyl (C=O) groups is 3. The summed E-state index contributed by atoms with van der Waals surface area (Å²) in [5.74, 6) is -5.61. The van der Waals surface area contributed by atoms with Gasteiger partial charge in [-0.2, -0.15) is 0 Å². The van der Waals surface area contributed by atoms with E-state index in [9.17, 15) is 24.6 Å². The van der Waals surface area contributed by atoms with Crippen LogP contribution >= 0.6 is 0 Å². The van der Waals surface area contributed by atoms with E-state index < -0.39 is 41.1 Å². The van der Waals surface area contributed by atoms with Gasteiger partial charge in [0.15, 0.2) is 17.3 Å².